The summed E-state index contributed by atoms with van der Waals surface area (Å²) in [6.45, 7) is 4.68. The van der Waals surface area contributed by atoms with E-state index in [4.69, 9.17) is 0 Å². The van der Waals surface area contributed by atoms with Gasteiger partial charge in [-0.05, 0) is 74.5 Å². The van der Waals surface area contributed by atoms with Crippen LogP contribution in [-0.4, -0.2) is 73.1 Å². The molecule has 3 aromatic rings. The maximum Gasteiger partial charge on any atom is 0.404 e. The molecular formula is C33H40N6O4S. The number of anilines is 1. The van der Waals surface area contributed by atoms with Crippen LogP contribution in [0.15, 0.2) is 76.8 Å². The fraction of sp³-hybridized carbons (Fsp3) is 0.485. The summed E-state index contributed by atoms with van der Waals surface area (Å²) in [5.41, 5.74) is 1.31. The maximum absolute atomic E-state index is 12.9. The Labute approximate surface area is 259 Å². The zero-order valence-corrected chi connectivity index (χ0v) is 25.9. The Bertz CT molecular complexity index is 1610. The van der Waals surface area contributed by atoms with Gasteiger partial charge >= 0.3 is 6.09 Å². The first-order valence-electron chi connectivity index (χ1n) is 15.5. The predicted molar refractivity (Wildman–Crippen MR) is 166 cm³/mol. The number of nitrogens with zero attached hydrogens (tertiary/aromatic N) is 5. The second kappa shape index (κ2) is 12.3. The Balaban J connectivity index is 1.06. The molecule has 3 aliphatic rings. The smallest absolute Gasteiger partial charge is 0.404 e. The highest BCUT2D eigenvalue weighted by Crippen LogP contribution is 2.50. The second-order valence-corrected chi connectivity index (χ2v) is 14.6. The average molecular weight is 617 g/mol. The van der Waals surface area contributed by atoms with Gasteiger partial charge in [-0.2, -0.15) is 10.4 Å². The van der Waals surface area contributed by atoms with E-state index in [0.29, 0.717) is 5.92 Å². The molecule has 0 radical (unpaired) electrons. The van der Waals surface area contributed by atoms with Crippen LogP contribution in [0, 0.1) is 29.1 Å². The molecule has 2 saturated heterocycles. The van der Waals surface area contributed by atoms with E-state index in [0.717, 1.165) is 76.1 Å². The first kappa shape index (κ1) is 30.2. The van der Waals surface area contributed by atoms with E-state index in [1.165, 1.54) is 17.1 Å². The molecule has 1 unspecified atom stereocenters. The summed E-state index contributed by atoms with van der Waals surface area (Å²) in [6.07, 6.45) is 6.22. The molecule has 0 bridgehead atoms. The number of carbonyl (C=O) groups is 1. The number of likely N-dealkylation sites (tertiary alicyclic amines) is 1. The van der Waals surface area contributed by atoms with Gasteiger partial charge in [-0.15, -0.1) is 0 Å². The lowest BCUT2D eigenvalue weighted by atomic mass is 9.59. The lowest BCUT2D eigenvalue weighted by Gasteiger charge is -2.48. The number of amides is 1. The van der Waals surface area contributed by atoms with E-state index in [-0.39, 0.29) is 27.7 Å². The monoisotopic (exact) mass is 616 g/mol. The number of hydrogen-bond acceptors (Lipinski definition) is 7. The molecule has 2 aromatic carbocycles. The molecule has 232 valence electrons. The molecule has 1 saturated carbocycles. The minimum absolute atomic E-state index is 0.0477. The van der Waals surface area contributed by atoms with Crippen molar-refractivity contribution in [1.29, 1.82) is 5.26 Å². The molecule has 6 rings (SSSR count). The number of aryl methyl sites for hydroxylation is 1. The SMILES string of the molecule is Cn1cc(S(=O)(=O)c2ccc(N3CC(CN4CCC(C(C#N)(c5ccccc5)[C@H]5CCC[C@@H]5NC(=O)O)CC4)C3)cc2)cn1. The van der Waals surface area contributed by atoms with Crippen molar-refractivity contribution in [3.8, 4) is 6.07 Å². The highest BCUT2D eigenvalue weighted by molar-refractivity contribution is 7.91. The molecule has 44 heavy (non-hydrogen) atoms. The largest absolute Gasteiger partial charge is 0.465 e. The number of carboxylic acid groups (broad SMARTS) is 1. The van der Waals surface area contributed by atoms with Crippen LogP contribution in [0.1, 0.15) is 37.7 Å². The first-order valence-corrected chi connectivity index (χ1v) is 17.0. The average Bonchev–Trinajstić information content (AvgIpc) is 3.66. The fourth-order valence-corrected chi connectivity index (χ4v) is 9.13. The standard InChI is InChI=1S/C33H40N6O4S/c1-37-22-29(18-35-37)44(42,43)28-12-10-27(11-13-28)39-20-24(21-39)19-38-16-14-26(15-17-38)33(23-34,25-6-3-2-4-7-25)30-8-5-9-31(30)36-32(40)41/h2-4,6-7,10-13,18,22,24,26,30-31,36H,5,8-9,14-17,19-21H2,1H3,(H,40,41)/t30-,31-,33?/m0/s1. The maximum atomic E-state index is 12.9. The summed E-state index contributed by atoms with van der Waals surface area (Å²) < 4.78 is 27.3. The van der Waals surface area contributed by atoms with E-state index in [9.17, 15) is 23.6 Å². The number of piperidine rings is 1. The van der Waals surface area contributed by atoms with E-state index in [1.807, 2.05) is 30.3 Å². The zero-order valence-electron chi connectivity index (χ0n) is 25.0. The van der Waals surface area contributed by atoms with Crippen LogP contribution in [0.3, 0.4) is 0 Å². The zero-order chi connectivity index (χ0) is 30.9. The molecule has 1 aromatic heterocycles. The van der Waals surface area contributed by atoms with Crippen LogP contribution in [-0.2, 0) is 22.3 Å². The van der Waals surface area contributed by atoms with E-state index in [2.05, 4.69) is 38.4 Å². The summed E-state index contributed by atoms with van der Waals surface area (Å²) in [6, 6.07) is 19.7. The number of benzene rings is 2. The van der Waals surface area contributed by atoms with Gasteiger partial charge in [0.2, 0.25) is 9.84 Å². The van der Waals surface area contributed by atoms with Crippen molar-refractivity contribution >= 4 is 21.6 Å². The van der Waals surface area contributed by atoms with Crippen molar-refractivity contribution in [2.24, 2.45) is 24.8 Å². The molecule has 3 atom stereocenters. The second-order valence-electron chi connectivity index (χ2n) is 12.6. The number of hydrogen-bond donors (Lipinski definition) is 2. The molecule has 0 spiro atoms. The van der Waals surface area contributed by atoms with Gasteiger partial charge in [0.1, 0.15) is 4.90 Å². The van der Waals surface area contributed by atoms with E-state index < -0.39 is 21.3 Å². The number of aromatic nitrogens is 2. The van der Waals surface area contributed by atoms with Gasteiger partial charge in [-0.25, -0.2) is 13.2 Å². The van der Waals surface area contributed by atoms with Crippen molar-refractivity contribution in [3.05, 3.63) is 72.6 Å². The summed E-state index contributed by atoms with van der Waals surface area (Å²) in [5, 5.41) is 27.1. The Morgan fingerprint density at radius 3 is 2.36 bits per heavy atom. The minimum atomic E-state index is -3.59. The normalized spacial score (nSPS) is 23.0. The molecule has 2 N–H and O–H groups in total. The van der Waals surface area contributed by atoms with Crippen molar-refractivity contribution in [3.63, 3.8) is 0 Å². The van der Waals surface area contributed by atoms with Crippen LogP contribution in [0.25, 0.3) is 0 Å². The van der Waals surface area contributed by atoms with Crippen LogP contribution < -0.4 is 10.2 Å². The molecule has 1 amide bonds. The van der Waals surface area contributed by atoms with Gasteiger partial charge in [0.25, 0.3) is 0 Å². The van der Waals surface area contributed by atoms with E-state index >= 15 is 0 Å². The van der Waals surface area contributed by atoms with Gasteiger partial charge in [-0.1, -0.05) is 36.8 Å². The fourth-order valence-electron chi connectivity index (χ4n) is 7.88. The number of sulfone groups is 1. The number of nitriles is 1. The third-order valence-corrected chi connectivity index (χ3v) is 11.8. The molecule has 10 nitrogen and oxygen atoms in total. The molecule has 2 aliphatic heterocycles. The quantitative estimate of drug-likeness (QED) is 0.364. The van der Waals surface area contributed by atoms with Crippen LogP contribution in [0.2, 0.25) is 0 Å². The van der Waals surface area contributed by atoms with Gasteiger partial charge in [0.05, 0.1) is 22.6 Å². The van der Waals surface area contributed by atoms with Crippen LogP contribution in [0.5, 0.6) is 0 Å². The van der Waals surface area contributed by atoms with Gasteiger partial charge in [0, 0.05) is 56.4 Å². The first-order chi connectivity index (χ1) is 21.2. The Morgan fingerprint density at radius 1 is 1.05 bits per heavy atom. The van der Waals surface area contributed by atoms with Crippen molar-refractivity contribution in [1.82, 2.24) is 20.0 Å². The Morgan fingerprint density at radius 2 is 1.75 bits per heavy atom. The molecule has 3 heterocycles. The number of nitrogens with one attached hydrogen (secondary N) is 1. The third-order valence-electron chi connectivity index (χ3n) is 10.1. The summed E-state index contributed by atoms with van der Waals surface area (Å²) in [4.78, 5) is 16.8. The molecule has 1 aliphatic carbocycles. The van der Waals surface area contributed by atoms with Crippen molar-refractivity contribution < 1.29 is 18.3 Å². The van der Waals surface area contributed by atoms with Crippen LogP contribution >= 0.6 is 0 Å². The number of rotatable bonds is 9. The third kappa shape index (κ3) is 5.69. The topological polar surface area (TPSA) is 132 Å². The van der Waals surface area contributed by atoms with Crippen molar-refractivity contribution in [2.45, 2.75) is 53.4 Å². The van der Waals surface area contributed by atoms with E-state index in [1.54, 1.807) is 19.2 Å². The Kier molecular flexibility index (Phi) is 8.40. The van der Waals surface area contributed by atoms with Gasteiger partial charge in [0.15, 0.2) is 0 Å². The lowest BCUT2D eigenvalue weighted by molar-refractivity contribution is 0.0950. The summed E-state index contributed by atoms with van der Waals surface area (Å²) in [7, 11) is -1.89. The Hall–Kier alpha value is -3.88. The lowest BCUT2D eigenvalue weighted by Crippen LogP contribution is -2.55. The molecular weight excluding hydrogens is 576 g/mol. The summed E-state index contributed by atoms with van der Waals surface area (Å²) in [5.74, 6) is 0.638. The van der Waals surface area contributed by atoms with Gasteiger partial charge < -0.3 is 20.2 Å². The highest BCUT2D eigenvalue weighted by atomic mass is 32.2. The molecule has 3 fully saturated rings. The predicted octanol–water partition coefficient (Wildman–Crippen LogP) is 4.30. The summed E-state index contributed by atoms with van der Waals surface area (Å²) >= 11 is 0. The molecule has 11 heteroatoms. The highest BCUT2D eigenvalue weighted by Gasteiger charge is 2.52. The minimum Gasteiger partial charge on any atom is -0.465 e. The van der Waals surface area contributed by atoms with Crippen LogP contribution in [0.4, 0.5) is 10.5 Å². The van der Waals surface area contributed by atoms with Crippen molar-refractivity contribution in [2.75, 3.05) is 37.6 Å². The van der Waals surface area contributed by atoms with Gasteiger partial charge in [-0.3, -0.25) is 4.68 Å².